The van der Waals surface area contributed by atoms with Crippen molar-refractivity contribution in [3.8, 4) is 12.3 Å². The van der Waals surface area contributed by atoms with E-state index in [4.69, 9.17) is 12.2 Å². The number of benzene rings is 1. The third-order valence-electron chi connectivity index (χ3n) is 1.72. The van der Waals surface area contributed by atoms with Crippen molar-refractivity contribution in [1.82, 2.24) is 0 Å². The lowest BCUT2D eigenvalue weighted by Crippen LogP contribution is -2.08. The Morgan fingerprint density at radius 2 is 2.31 bits per heavy atom. The fraction of sp³-hybridized carbons (Fsp3) is 0.182. The number of rotatable bonds is 3. The van der Waals surface area contributed by atoms with Crippen molar-refractivity contribution in [3.05, 3.63) is 35.4 Å². The molecule has 0 heterocycles. The summed E-state index contributed by atoms with van der Waals surface area (Å²) >= 11 is 0. The van der Waals surface area contributed by atoms with E-state index in [9.17, 15) is 4.79 Å². The minimum atomic E-state index is 0.0413. The number of carbonyl (C=O) groups excluding carboxylic acids is 1. The second-order valence-electron chi connectivity index (χ2n) is 2.69. The van der Waals surface area contributed by atoms with Crippen LogP contribution in [0.25, 0.3) is 0 Å². The molecule has 0 unspecified atom stereocenters. The third kappa shape index (κ3) is 2.43. The third-order valence-corrected chi connectivity index (χ3v) is 1.72. The zero-order valence-corrected chi connectivity index (χ0v) is 7.29. The first-order valence-electron chi connectivity index (χ1n) is 4.08. The summed E-state index contributed by atoms with van der Waals surface area (Å²) in [7, 11) is 0. The van der Waals surface area contributed by atoms with Crippen LogP contribution in [-0.2, 0) is 0 Å². The van der Waals surface area contributed by atoms with Gasteiger partial charge in [-0.2, -0.15) is 0 Å². The number of terminal acetylenes is 1. The Bertz CT molecular complexity index is 349. The zero-order valence-electron chi connectivity index (χ0n) is 7.29. The van der Waals surface area contributed by atoms with E-state index in [0.29, 0.717) is 18.5 Å². The van der Waals surface area contributed by atoms with Crippen molar-refractivity contribution in [2.75, 3.05) is 6.54 Å². The number of Topliss-reactive ketones (excluding diaryl/α,β-unsaturated/α-hetero) is 1. The quantitative estimate of drug-likeness (QED) is 0.551. The second kappa shape index (κ2) is 4.44. The Morgan fingerprint density at radius 3 is 2.92 bits per heavy atom. The summed E-state index contributed by atoms with van der Waals surface area (Å²) in [6, 6.07) is 7.02. The van der Waals surface area contributed by atoms with Crippen LogP contribution in [0.3, 0.4) is 0 Å². The van der Waals surface area contributed by atoms with Crippen molar-refractivity contribution < 1.29 is 4.79 Å². The molecule has 0 spiro atoms. The predicted molar refractivity (Wildman–Crippen MR) is 52.4 cm³/mol. The van der Waals surface area contributed by atoms with E-state index in [2.05, 4.69) is 5.92 Å². The predicted octanol–water partition coefficient (Wildman–Crippen LogP) is 1.20. The largest absolute Gasteiger partial charge is 0.330 e. The topological polar surface area (TPSA) is 43.1 Å². The van der Waals surface area contributed by atoms with Crippen molar-refractivity contribution in [3.63, 3.8) is 0 Å². The van der Waals surface area contributed by atoms with E-state index < -0.39 is 0 Å². The average molecular weight is 173 g/mol. The highest BCUT2D eigenvalue weighted by Crippen LogP contribution is 2.06. The van der Waals surface area contributed by atoms with Crippen LogP contribution in [0.5, 0.6) is 0 Å². The Morgan fingerprint density at radius 1 is 1.54 bits per heavy atom. The van der Waals surface area contributed by atoms with Crippen LogP contribution in [-0.4, -0.2) is 12.3 Å². The van der Waals surface area contributed by atoms with Gasteiger partial charge in [-0.3, -0.25) is 4.79 Å². The SMILES string of the molecule is C#Cc1cccc(C(=O)CCN)c1. The summed E-state index contributed by atoms with van der Waals surface area (Å²) in [5, 5.41) is 0. The van der Waals surface area contributed by atoms with E-state index in [1.807, 2.05) is 0 Å². The Kier molecular flexibility index (Phi) is 3.24. The van der Waals surface area contributed by atoms with Gasteiger partial charge in [0, 0.05) is 17.5 Å². The Hall–Kier alpha value is -1.59. The zero-order chi connectivity index (χ0) is 9.68. The van der Waals surface area contributed by atoms with Gasteiger partial charge in [-0.1, -0.05) is 18.1 Å². The van der Waals surface area contributed by atoms with E-state index in [1.165, 1.54) is 0 Å². The first-order valence-corrected chi connectivity index (χ1v) is 4.08. The summed E-state index contributed by atoms with van der Waals surface area (Å²) in [5.41, 5.74) is 6.64. The van der Waals surface area contributed by atoms with Crippen LogP contribution in [0.2, 0.25) is 0 Å². The summed E-state index contributed by atoms with van der Waals surface area (Å²) in [6.45, 7) is 0.374. The molecule has 0 aromatic heterocycles. The van der Waals surface area contributed by atoms with E-state index in [0.717, 1.165) is 5.56 Å². The van der Waals surface area contributed by atoms with Crippen molar-refractivity contribution in [2.24, 2.45) is 5.73 Å². The molecule has 0 amide bonds. The summed E-state index contributed by atoms with van der Waals surface area (Å²) in [4.78, 5) is 11.4. The van der Waals surface area contributed by atoms with Crippen molar-refractivity contribution >= 4 is 5.78 Å². The summed E-state index contributed by atoms with van der Waals surface area (Å²) in [6.07, 6.45) is 5.58. The van der Waals surface area contributed by atoms with Gasteiger partial charge < -0.3 is 5.73 Å². The summed E-state index contributed by atoms with van der Waals surface area (Å²) < 4.78 is 0. The smallest absolute Gasteiger partial charge is 0.164 e. The van der Waals surface area contributed by atoms with Gasteiger partial charge >= 0.3 is 0 Å². The minimum Gasteiger partial charge on any atom is -0.330 e. The standard InChI is InChI=1S/C11H11NO/c1-2-9-4-3-5-10(8-9)11(13)6-7-12/h1,3-5,8H,6-7,12H2. The molecule has 0 aliphatic heterocycles. The maximum Gasteiger partial charge on any atom is 0.164 e. The van der Waals surface area contributed by atoms with E-state index in [-0.39, 0.29) is 5.78 Å². The molecule has 2 N–H and O–H groups in total. The number of carbonyl (C=O) groups is 1. The molecule has 0 radical (unpaired) electrons. The van der Waals surface area contributed by atoms with E-state index in [1.54, 1.807) is 24.3 Å². The van der Waals surface area contributed by atoms with Crippen LogP contribution in [0.15, 0.2) is 24.3 Å². The fourth-order valence-electron chi connectivity index (χ4n) is 1.06. The molecule has 13 heavy (non-hydrogen) atoms. The van der Waals surface area contributed by atoms with Crippen LogP contribution in [0.4, 0.5) is 0 Å². The number of nitrogens with two attached hydrogens (primary N) is 1. The fourth-order valence-corrected chi connectivity index (χ4v) is 1.06. The lowest BCUT2D eigenvalue weighted by molar-refractivity contribution is 0.0985. The minimum absolute atomic E-state index is 0.0413. The molecule has 0 saturated carbocycles. The van der Waals surface area contributed by atoms with Gasteiger partial charge in [0.25, 0.3) is 0 Å². The maximum absolute atomic E-state index is 11.4. The Balaban J connectivity index is 2.90. The average Bonchev–Trinajstić information content (AvgIpc) is 2.18. The lowest BCUT2D eigenvalue weighted by atomic mass is 10.1. The lowest BCUT2D eigenvalue weighted by Gasteiger charge is -1.98. The van der Waals surface area contributed by atoms with Crippen molar-refractivity contribution in [1.29, 1.82) is 0 Å². The van der Waals surface area contributed by atoms with Gasteiger partial charge in [-0.15, -0.1) is 6.42 Å². The van der Waals surface area contributed by atoms with Gasteiger partial charge in [0.2, 0.25) is 0 Å². The highest BCUT2D eigenvalue weighted by molar-refractivity contribution is 5.96. The maximum atomic E-state index is 11.4. The van der Waals surface area contributed by atoms with Crippen LogP contribution in [0.1, 0.15) is 22.3 Å². The molecule has 0 fully saturated rings. The normalized spacial score (nSPS) is 9.23. The molecule has 1 aromatic rings. The number of hydrogen-bond acceptors (Lipinski definition) is 2. The molecule has 66 valence electrons. The molecule has 2 nitrogen and oxygen atoms in total. The monoisotopic (exact) mass is 173 g/mol. The van der Waals surface area contributed by atoms with Gasteiger partial charge in [0.1, 0.15) is 0 Å². The first-order chi connectivity index (χ1) is 6.27. The number of ketones is 1. The molecule has 1 rings (SSSR count). The van der Waals surface area contributed by atoms with Crippen LogP contribution >= 0.6 is 0 Å². The summed E-state index contributed by atoms with van der Waals surface area (Å²) in [5.74, 6) is 2.52. The highest BCUT2D eigenvalue weighted by atomic mass is 16.1. The Labute approximate surface area is 77.8 Å². The van der Waals surface area contributed by atoms with Crippen LogP contribution in [0, 0.1) is 12.3 Å². The molecule has 1 aromatic carbocycles. The second-order valence-corrected chi connectivity index (χ2v) is 2.69. The van der Waals surface area contributed by atoms with Gasteiger partial charge in [-0.25, -0.2) is 0 Å². The molecular formula is C11H11NO. The molecule has 0 aliphatic carbocycles. The van der Waals surface area contributed by atoms with Gasteiger partial charge in [0.15, 0.2) is 5.78 Å². The van der Waals surface area contributed by atoms with Crippen LogP contribution < -0.4 is 5.73 Å². The highest BCUT2D eigenvalue weighted by Gasteiger charge is 2.03. The van der Waals surface area contributed by atoms with Gasteiger partial charge in [0.05, 0.1) is 0 Å². The number of hydrogen-bond donors (Lipinski definition) is 1. The van der Waals surface area contributed by atoms with Crippen molar-refractivity contribution in [2.45, 2.75) is 6.42 Å². The molecule has 2 heteroatoms. The molecule has 0 aliphatic rings. The first kappa shape index (κ1) is 9.50. The van der Waals surface area contributed by atoms with Gasteiger partial charge in [-0.05, 0) is 18.7 Å². The molecule has 0 saturated heterocycles. The molecule has 0 bridgehead atoms. The van der Waals surface area contributed by atoms with E-state index >= 15 is 0 Å². The molecule has 0 atom stereocenters. The molecular weight excluding hydrogens is 162 g/mol.